The SMILES string of the molecule is c1ccc(-c2nc(-c3ccc4ccccc4c3)nc(-c3cccc4sc5cc(C6(c7ccccc7)c7ccccc7-c7ccccc76)ccc5c34)n2)cc1. The number of nitrogens with zero attached hydrogens (tertiary/aromatic N) is 3. The largest absolute Gasteiger partial charge is 0.208 e. The summed E-state index contributed by atoms with van der Waals surface area (Å²) in [5.74, 6) is 1.98. The zero-order chi connectivity index (χ0) is 35.6. The van der Waals surface area contributed by atoms with Crippen molar-refractivity contribution in [3.05, 3.63) is 210 Å². The molecule has 54 heavy (non-hydrogen) atoms. The molecule has 0 radical (unpaired) electrons. The fourth-order valence-corrected chi connectivity index (χ4v) is 9.80. The number of thiophene rings is 1. The van der Waals surface area contributed by atoms with Crippen molar-refractivity contribution in [2.45, 2.75) is 5.41 Å². The second kappa shape index (κ2) is 12.2. The molecule has 0 spiro atoms. The zero-order valence-electron chi connectivity index (χ0n) is 29.1. The smallest absolute Gasteiger partial charge is 0.164 e. The van der Waals surface area contributed by atoms with E-state index < -0.39 is 5.41 Å². The summed E-state index contributed by atoms with van der Waals surface area (Å²) in [5.41, 5.74) is 10.2. The monoisotopic (exact) mass is 705 g/mol. The molecule has 252 valence electrons. The van der Waals surface area contributed by atoms with Crippen molar-refractivity contribution in [3.63, 3.8) is 0 Å². The van der Waals surface area contributed by atoms with Gasteiger partial charge in [0.15, 0.2) is 17.5 Å². The highest BCUT2D eigenvalue weighted by atomic mass is 32.1. The maximum atomic E-state index is 5.21. The van der Waals surface area contributed by atoms with Crippen LogP contribution in [0.3, 0.4) is 0 Å². The number of fused-ring (bicyclic) bond motifs is 7. The number of hydrogen-bond donors (Lipinski definition) is 0. The number of benzene rings is 8. The summed E-state index contributed by atoms with van der Waals surface area (Å²) < 4.78 is 2.44. The van der Waals surface area contributed by atoms with Crippen molar-refractivity contribution in [2.75, 3.05) is 0 Å². The van der Waals surface area contributed by atoms with Crippen LogP contribution in [0.15, 0.2) is 188 Å². The molecule has 0 aliphatic heterocycles. The molecule has 0 atom stereocenters. The topological polar surface area (TPSA) is 38.7 Å². The van der Waals surface area contributed by atoms with Gasteiger partial charge in [-0.1, -0.05) is 170 Å². The second-order valence-corrected chi connectivity index (χ2v) is 15.0. The minimum atomic E-state index is -0.449. The Morgan fingerprint density at radius 1 is 0.370 bits per heavy atom. The predicted molar refractivity (Wildman–Crippen MR) is 224 cm³/mol. The van der Waals surface area contributed by atoms with Gasteiger partial charge in [0.05, 0.1) is 5.41 Å². The van der Waals surface area contributed by atoms with Crippen LogP contribution in [0.4, 0.5) is 0 Å². The van der Waals surface area contributed by atoms with Crippen molar-refractivity contribution in [1.82, 2.24) is 15.0 Å². The molecule has 3 nitrogen and oxygen atoms in total. The van der Waals surface area contributed by atoms with Crippen LogP contribution in [0.2, 0.25) is 0 Å². The summed E-state index contributed by atoms with van der Waals surface area (Å²) in [6, 6.07) is 67.5. The summed E-state index contributed by atoms with van der Waals surface area (Å²) in [7, 11) is 0. The first kappa shape index (κ1) is 30.8. The quantitative estimate of drug-likeness (QED) is 0.179. The molecule has 1 aliphatic carbocycles. The van der Waals surface area contributed by atoms with Crippen LogP contribution in [0.25, 0.3) is 76.2 Å². The third kappa shape index (κ3) is 4.64. The van der Waals surface area contributed by atoms with Gasteiger partial charge in [-0.3, -0.25) is 0 Å². The molecule has 2 heterocycles. The number of aromatic nitrogens is 3. The molecule has 0 saturated heterocycles. The fourth-order valence-electron chi connectivity index (χ4n) is 8.63. The predicted octanol–water partition coefficient (Wildman–Crippen LogP) is 12.8. The minimum Gasteiger partial charge on any atom is -0.208 e. The van der Waals surface area contributed by atoms with Gasteiger partial charge < -0.3 is 0 Å². The van der Waals surface area contributed by atoms with Gasteiger partial charge in [0, 0.05) is 36.9 Å². The van der Waals surface area contributed by atoms with Gasteiger partial charge in [0.25, 0.3) is 0 Å². The Labute approximate surface area is 316 Å². The summed E-state index contributed by atoms with van der Waals surface area (Å²) in [4.78, 5) is 15.4. The highest BCUT2D eigenvalue weighted by molar-refractivity contribution is 7.26. The van der Waals surface area contributed by atoms with Crippen LogP contribution >= 0.6 is 11.3 Å². The minimum absolute atomic E-state index is 0.449. The van der Waals surface area contributed by atoms with Gasteiger partial charge in [-0.15, -0.1) is 11.3 Å². The lowest BCUT2D eigenvalue weighted by Crippen LogP contribution is -2.28. The number of rotatable bonds is 5. The van der Waals surface area contributed by atoms with Gasteiger partial charge in [0.1, 0.15) is 0 Å². The van der Waals surface area contributed by atoms with E-state index in [9.17, 15) is 0 Å². The molecule has 1 aliphatic rings. The Kier molecular flexibility index (Phi) is 6.94. The van der Waals surface area contributed by atoms with Crippen molar-refractivity contribution >= 4 is 42.3 Å². The first-order valence-electron chi connectivity index (χ1n) is 18.3. The molecule has 0 fully saturated rings. The lowest BCUT2D eigenvalue weighted by Gasteiger charge is -2.33. The fraction of sp³-hybridized carbons (Fsp3) is 0.0200. The van der Waals surface area contributed by atoms with Crippen LogP contribution in [0, 0.1) is 0 Å². The molecule has 0 bridgehead atoms. The normalized spacial score (nSPS) is 13.0. The maximum absolute atomic E-state index is 5.21. The van der Waals surface area contributed by atoms with Crippen LogP contribution in [-0.2, 0) is 5.41 Å². The third-order valence-corrected chi connectivity index (χ3v) is 12.1. The van der Waals surface area contributed by atoms with Gasteiger partial charge in [-0.05, 0) is 62.4 Å². The Bertz CT molecular complexity index is 3010. The molecule has 10 aromatic rings. The maximum Gasteiger partial charge on any atom is 0.164 e. The molecule has 11 rings (SSSR count). The van der Waals surface area contributed by atoms with Crippen molar-refractivity contribution in [3.8, 4) is 45.3 Å². The Morgan fingerprint density at radius 3 is 1.74 bits per heavy atom. The van der Waals surface area contributed by atoms with Gasteiger partial charge in [-0.2, -0.15) is 0 Å². The first-order chi connectivity index (χ1) is 26.8. The average molecular weight is 706 g/mol. The van der Waals surface area contributed by atoms with Crippen LogP contribution in [0.1, 0.15) is 22.3 Å². The van der Waals surface area contributed by atoms with E-state index in [0.29, 0.717) is 17.5 Å². The molecule has 0 saturated carbocycles. The van der Waals surface area contributed by atoms with Crippen LogP contribution in [0.5, 0.6) is 0 Å². The van der Waals surface area contributed by atoms with Gasteiger partial charge in [-0.25, -0.2) is 15.0 Å². The molecular weight excluding hydrogens is 675 g/mol. The molecule has 0 amide bonds. The Balaban J connectivity index is 1.13. The van der Waals surface area contributed by atoms with E-state index in [1.165, 1.54) is 58.9 Å². The molecule has 2 aromatic heterocycles. The summed E-state index contributed by atoms with van der Waals surface area (Å²) in [5, 5.41) is 4.71. The van der Waals surface area contributed by atoms with Crippen molar-refractivity contribution in [2.24, 2.45) is 0 Å². The Morgan fingerprint density at radius 2 is 0.981 bits per heavy atom. The van der Waals surface area contributed by atoms with Crippen LogP contribution < -0.4 is 0 Å². The van der Waals surface area contributed by atoms with Gasteiger partial charge >= 0.3 is 0 Å². The lowest BCUT2D eigenvalue weighted by atomic mass is 9.67. The van der Waals surface area contributed by atoms with E-state index in [2.05, 4.69) is 170 Å². The van der Waals surface area contributed by atoms with Crippen molar-refractivity contribution in [1.29, 1.82) is 0 Å². The van der Waals surface area contributed by atoms with E-state index in [4.69, 9.17) is 15.0 Å². The number of hydrogen-bond acceptors (Lipinski definition) is 4. The summed E-state index contributed by atoms with van der Waals surface area (Å²) in [6.45, 7) is 0. The van der Waals surface area contributed by atoms with E-state index in [-0.39, 0.29) is 0 Å². The van der Waals surface area contributed by atoms with Gasteiger partial charge in [0.2, 0.25) is 0 Å². The van der Waals surface area contributed by atoms with E-state index in [1.807, 2.05) is 29.5 Å². The summed E-state index contributed by atoms with van der Waals surface area (Å²) in [6.07, 6.45) is 0. The third-order valence-electron chi connectivity index (χ3n) is 11.0. The van der Waals surface area contributed by atoms with Crippen LogP contribution in [-0.4, -0.2) is 15.0 Å². The van der Waals surface area contributed by atoms with E-state index in [0.717, 1.165) is 22.1 Å². The molecule has 4 heteroatoms. The molecular formula is C50H31N3S. The Hall–Kier alpha value is -6.75. The molecule has 0 unspecified atom stereocenters. The molecule has 0 N–H and O–H groups in total. The highest BCUT2D eigenvalue weighted by Crippen LogP contribution is 2.56. The summed E-state index contributed by atoms with van der Waals surface area (Å²) >= 11 is 1.83. The highest BCUT2D eigenvalue weighted by Gasteiger charge is 2.46. The standard InChI is InChI=1S/C50H31N3S/c1-3-15-33(16-4-1)47-51-48(35-27-26-32-14-7-8-17-34(32)30-35)53-49(52-47)41-22-13-25-44-46(41)40-29-28-37(31-45(40)54-44)50(36-18-5-2-6-19-36)42-23-11-9-20-38(42)39-21-10-12-24-43(39)50/h1-31H. The lowest BCUT2D eigenvalue weighted by molar-refractivity contribution is 0.770. The first-order valence-corrected chi connectivity index (χ1v) is 19.1. The van der Waals surface area contributed by atoms with E-state index in [1.54, 1.807) is 0 Å². The van der Waals surface area contributed by atoms with E-state index >= 15 is 0 Å². The average Bonchev–Trinajstić information content (AvgIpc) is 3.78. The molecule has 8 aromatic carbocycles. The second-order valence-electron chi connectivity index (χ2n) is 13.9. The zero-order valence-corrected chi connectivity index (χ0v) is 30.0. The van der Waals surface area contributed by atoms with Crippen molar-refractivity contribution < 1.29 is 0 Å².